The number of hydrogen-bond donors (Lipinski definition) is 7. The Morgan fingerprint density at radius 2 is 1.63 bits per heavy atom. The van der Waals surface area contributed by atoms with Crippen LogP contribution in [0.25, 0.3) is 21.5 Å². The second-order valence-electron chi connectivity index (χ2n) is 19.6. The fraction of sp³-hybridized carbons (Fsp3) is 0.510. The molecule has 3 aromatic heterocycles. The molecular formula is C51H64ClN7O10S. The first kappa shape index (κ1) is 52.5. The smallest absolute Gasteiger partial charge is 0.224 e. The van der Waals surface area contributed by atoms with E-state index in [1.165, 1.54) is 23.0 Å². The average Bonchev–Trinajstić information content (AvgIpc) is 4.13. The number of nitrogens with one attached hydrogen (secondary N) is 2. The minimum absolute atomic E-state index is 0.131. The molecule has 8 N–H and O–H groups in total. The number of thiazole rings is 1. The van der Waals surface area contributed by atoms with Gasteiger partial charge in [-0.3, -0.25) is 19.2 Å². The number of Topliss-reactive ketones (excluding diaryl/α,β-unsaturated/α-hetero) is 2. The lowest BCUT2D eigenvalue weighted by atomic mass is 9.77. The third-order valence-electron chi connectivity index (χ3n) is 13.3. The fourth-order valence-corrected chi connectivity index (χ4v) is 10.4. The molecule has 0 spiro atoms. The van der Waals surface area contributed by atoms with Crippen LogP contribution >= 0.6 is 22.9 Å². The van der Waals surface area contributed by atoms with Gasteiger partial charge in [0.25, 0.3) is 0 Å². The number of nitrogens with zero attached hydrogens (tertiary/aromatic N) is 4. The van der Waals surface area contributed by atoms with Crippen molar-refractivity contribution in [3.8, 4) is 16.2 Å². The number of ether oxygens (including phenoxy) is 2. The van der Waals surface area contributed by atoms with Gasteiger partial charge >= 0.3 is 0 Å². The van der Waals surface area contributed by atoms with E-state index in [0.29, 0.717) is 35.9 Å². The zero-order valence-corrected chi connectivity index (χ0v) is 41.5. The van der Waals surface area contributed by atoms with Crippen molar-refractivity contribution >= 4 is 63.2 Å². The summed E-state index contributed by atoms with van der Waals surface area (Å²) in [4.78, 5) is 67.2. The van der Waals surface area contributed by atoms with Gasteiger partial charge in [0.1, 0.15) is 54.6 Å². The summed E-state index contributed by atoms with van der Waals surface area (Å²) in [6, 6.07) is 13.3. The van der Waals surface area contributed by atoms with Crippen LogP contribution in [0, 0.1) is 24.2 Å². The van der Waals surface area contributed by atoms with E-state index in [2.05, 4.69) is 25.6 Å². The van der Waals surface area contributed by atoms with Crippen molar-refractivity contribution in [1.82, 2.24) is 30.2 Å². The number of halogens is 1. The predicted octanol–water partition coefficient (Wildman–Crippen LogP) is 6.32. The van der Waals surface area contributed by atoms with Crippen LogP contribution in [0.3, 0.4) is 0 Å². The van der Waals surface area contributed by atoms with E-state index in [0.717, 1.165) is 47.4 Å². The number of nitrogens with two attached hydrogens (primary N) is 1. The number of aryl methyl sites for hydroxylation is 1. The van der Waals surface area contributed by atoms with E-state index < -0.39 is 60.0 Å². The van der Waals surface area contributed by atoms with Crippen LogP contribution in [0.2, 0.25) is 5.02 Å². The molecule has 5 aromatic rings. The monoisotopic (exact) mass is 1000 g/mol. The molecule has 4 heterocycles. The van der Waals surface area contributed by atoms with Crippen molar-refractivity contribution in [2.24, 2.45) is 17.3 Å². The summed E-state index contributed by atoms with van der Waals surface area (Å²) in [7, 11) is 0. The van der Waals surface area contributed by atoms with Crippen molar-refractivity contribution in [2.75, 3.05) is 12.3 Å². The van der Waals surface area contributed by atoms with Crippen molar-refractivity contribution in [3.05, 3.63) is 88.4 Å². The summed E-state index contributed by atoms with van der Waals surface area (Å²) < 4.78 is 13.3. The van der Waals surface area contributed by atoms with Gasteiger partial charge in [0.2, 0.25) is 11.8 Å². The van der Waals surface area contributed by atoms with Crippen LogP contribution in [-0.2, 0) is 30.5 Å². The molecule has 1 aliphatic carbocycles. The van der Waals surface area contributed by atoms with Gasteiger partial charge in [-0.1, -0.05) is 88.4 Å². The van der Waals surface area contributed by atoms with E-state index in [4.69, 9.17) is 26.8 Å². The predicted molar refractivity (Wildman–Crippen MR) is 264 cm³/mol. The number of amides is 2. The molecule has 9 atom stereocenters. The fourth-order valence-electron chi connectivity index (χ4n) is 9.37. The Balaban J connectivity index is 0.793. The molecule has 2 aromatic carbocycles. The third kappa shape index (κ3) is 12.6. The number of aliphatic hydroxyl groups is 4. The molecule has 1 unspecified atom stereocenters. The summed E-state index contributed by atoms with van der Waals surface area (Å²) in [5, 5.41) is 50.4. The molecule has 70 heavy (non-hydrogen) atoms. The van der Waals surface area contributed by atoms with Gasteiger partial charge in [0, 0.05) is 31.5 Å². The molecule has 1 saturated heterocycles. The lowest BCUT2D eigenvalue weighted by molar-refractivity contribution is -0.137. The highest BCUT2D eigenvalue weighted by molar-refractivity contribution is 7.13. The van der Waals surface area contributed by atoms with Crippen LogP contribution < -0.4 is 21.1 Å². The number of carbonyl (C=O) groups is 4. The normalized spacial score (nSPS) is 22.2. The molecule has 376 valence electrons. The van der Waals surface area contributed by atoms with Crippen LogP contribution in [0.5, 0.6) is 5.75 Å². The zero-order valence-electron chi connectivity index (χ0n) is 39.9. The van der Waals surface area contributed by atoms with Crippen LogP contribution in [0.4, 0.5) is 5.82 Å². The first-order valence-electron chi connectivity index (χ1n) is 23.9. The van der Waals surface area contributed by atoms with Gasteiger partial charge in [0.15, 0.2) is 17.8 Å². The molecule has 19 heteroatoms. The number of benzene rings is 2. The maximum atomic E-state index is 14.1. The number of fused-ring (bicyclic) bond motifs is 1. The Morgan fingerprint density at radius 1 is 0.929 bits per heavy atom. The Kier molecular flexibility index (Phi) is 17.4. The van der Waals surface area contributed by atoms with Gasteiger partial charge in [-0.05, 0) is 72.9 Å². The molecule has 2 amide bonds. The molecule has 1 saturated carbocycles. The van der Waals surface area contributed by atoms with Gasteiger partial charge in [-0.2, -0.15) is 0 Å². The SMILES string of the molecule is Cc1ncsc1-c1ccc(CNC(=O)[C@@H]2C[C@@H](O)CC2C(=O)[C@@H](NC(=O)CCCCCCCCC(=O)COc2cc([C@@H](O)[C@H]3O[C@@H](n4ccc5c(N)ncnc54)[C@H](O)[C@@H]3O)ccc2Cl)C(C)(C)C)cc1. The summed E-state index contributed by atoms with van der Waals surface area (Å²) in [6.07, 6.45) is 1.00. The summed E-state index contributed by atoms with van der Waals surface area (Å²) in [5.41, 5.74) is 10.7. The standard InChI is InChI=1S/C51H64ClN7O10S/c1-28-45(70-27-57-28)30-15-13-29(14-16-30)24-54-49(67)36-23-33(61)22-35(36)41(64)46(51(2,3)4)58-39(62)12-10-8-6-5-7-9-11-32(60)25-68-38-21-31(17-18-37(38)52)40(63)44-42(65)43(66)50(69-44)59-20-19-34-47(53)55-26-56-48(34)59/h13-21,26-27,33,35-36,40,42-44,46,50,61,63,65-66H,5-12,22-25H2,1-4H3,(H,54,67)(H,58,62)(H2,53,55,56)/t33-,35?,36+,40+,42-,43+,44+,46+,50+/m0/s1. The molecule has 2 fully saturated rings. The van der Waals surface area contributed by atoms with E-state index in [1.54, 1.807) is 29.7 Å². The van der Waals surface area contributed by atoms with Crippen molar-refractivity contribution < 1.29 is 49.1 Å². The summed E-state index contributed by atoms with van der Waals surface area (Å²) in [6.45, 7) is 7.66. The number of aromatic nitrogens is 4. The number of ketones is 2. The minimum Gasteiger partial charge on any atom is -0.484 e. The number of rotatable bonds is 22. The first-order valence-corrected chi connectivity index (χ1v) is 25.2. The number of nitrogen functional groups attached to an aromatic ring is 1. The maximum absolute atomic E-state index is 14.1. The number of unbranched alkanes of at least 4 members (excludes halogenated alkanes) is 5. The van der Waals surface area contributed by atoms with Gasteiger partial charge in [0.05, 0.1) is 44.6 Å². The molecule has 1 aliphatic heterocycles. The molecule has 0 radical (unpaired) electrons. The number of aliphatic hydroxyl groups excluding tert-OH is 4. The molecule has 17 nitrogen and oxygen atoms in total. The lowest BCUT2D eigenvalue weighted by Gasteiger charge is -2.33. The number of carbonyl (C=O) groups excluding carboxylic acids is 4. The minimum atomic E-state index is -1.46. The number of anilines is 1. The van der Waals surface area contributed by atoms with E-state index in [1.807, 2.05) is 57.5 Å². The van der Waals surface area contributed by atoms with Crippen molar-refractivity contribution in [1.29, 1.82) is 0 Å². The molecule has 7 rings (SSSR count). The Bertz CT molecular complexity index is 2620. The molecular weight excluding hydrogens is 938 g/mol. The van der Waals surface area contributed by atoms with E-state index >= 15 is 0 Å². The summed E-state index contributed by atoms with van der Waals surface area (Å²) >= 11 is 7.95. The van der Waals surface area contributed by atoms with Crippen LogP contribution in [0.15, 0.2) is 66.6 Å². The lowest BCUT2D eigenvalue weighted by Crippen LogP contribution is -2.52. The summed E-state index contributed by atoms with van der Waals surface area (Å²) in [5.74, 6) is -1.93. The Morgan fingerprint density at radius 3 is 2.33 bits per heavy atom. The highest BCUT2D eigenvalue weighted by atomic mass is 35.5. The zero-order chi connectivity index (χ0) is 50.3. The quantitative estimate of drug-likeness (QED) is 0.0374. The van der Waals surface area contributed by atoms with Crippen LogP contribution in [-0.4, -0.2) is 100 Å². The van der Waals surface area contributed by atoms with E-state index in [-0.39, 0.29) is 72.4 Å². The topological polar surface area (TPSA) is 261 Å². The highest BCUT2D eigenvalue weighted by Gasteiger charge is 2.48. The van der Waals surface area contributed by atoms with Gasteiger partial charge in [-0.15, -0.1) is 11.3 Å². The second kappa shape index (κ2) is 23.3. The first-order chi connectivity index (χ1) is 33.4. The van der Waals surface area contributed by atoms with Gasteiger partial charge in [-0.25, -0.2) is 15.0 Å². The molecule has 2 aliphatic rings. The van der Waals surface area contributed by atoms with Crippen LogP contribution in [0.1, 0.15) is 114 Å². The second-order valence-corrected chi connectivity index (χ2v) is 20.8. The Labute approximate surface area is 416 Å². The highest BCUT2D eigenvalue weighted by Crippen LogP contribution is 2.40. The largest absolute Gasteiger partial charge is 0.484 e. The van der Waals surface area contributed by atoms with Gasteiger partial charge < -0.3 is 50.8 Å². The maximum Gasteiger partial charge on any atom is 0.224 e. The third-order valence-corrected chi connectivity index (χ3v) is 14.6. The van der Waals surface area contributed by atoms with E-state index in [9.17, 15) is 39.6 Å². The number of hydrogen-bond acceptors (Lipinski definition) is 15. The Hall–Kier alpha value is -5.34. The van der Waals surface area contributed by atoms with Crippen molar-refractivity contribution in [3.63, 3.8) is 0 Å². The van der Waals surface area contributed by atoms with Crippen molar-refractivity contribution in [2.45, 2.75) is 141 Å². The molecule has 0 bridgehead atoms. The average molecular weight is 1000 g/mol.